The van der Waals surface area contributed by atoms with Crippen LogP contribution >= 0.6 is 22.7 Å². The molecule has 0 atom stereocenters. The van der Waals surface area contributed by atoms with Gasteiger partial charge in [-0.2, -0.15) is 0 Å². The van der Waals surface area contributed by atoms with Gasteiger partial charge in [-0.05, 0) is 42.7 Å². The molecule has 8 heteroatoms. The van der Waals surface area contributed by atoms with Gasteiger partial charge in [0.15, 0.2) is 5.82 Å². The van der Waals surface area contributed by atoms with E-state index < -0.39 is 0 Å². The molecule has 1 aliphatic heterocycles. The van der Waals surface area contributed by atoms with E-state index in [4.69, 9.17) is 14.7 Å². The molecule has 0 radical (unpaired) electrons. The number of piperazine rings is 1. The molecule has 0 unspecified atom stereocenters. The van der Waals surface area contributed by atoms with Crippen molar-refractivity contribution in [1.29, 1.82) is 0 Å². The minimum Gasteiger partial charge on any atom is -0.377 e. The van der Waals surface area contributed by atoms with Crippen LogP contribution in [0.25, 0.3) is 10.2 Å². The van der Waals surface area contributed by atoms with Gasteiger partial charge in [-0.1, -0.05) is 6.07 Å². The second-order valence-electron chi connectivity index (χ2n) is 7.91. The van der Waals surface area contributed by atoms with Crippen molar-refractivity contribution in [1.82, 2.24) is 14.9 Å². The molecule has 0 bridgehead atoms. The Morgan fingerprint density at radius 1 is 1.17 bits per heavy atom. The number of hydrogen-bond donors (Lipinski definition) is 0. The Kier molecular flexibility index (Phi) is 5.71. The Morgan fingerprint density at radius 3 is 2.77 bits per heavy atom. The summed E-state index contributed by atoms with van der Waals surface area (Å²) in [6, 6.07) is 4.04. The van der Waals surface area contributed by atoms with Crippen molar-refractivity contribution in [2.24, 2.45) is 0 Å². The van der Waals surface area contributed by atoms with Crippen LogP contribution in [0.2, 0.25) is 0 Å². The number of anilines is 1. The quantitative estimate of drug-likeness (QED) is 0.603. The highest BCUT2D eigenvalue weighted by molar-refractivity contribution is 7.19. The van der Waals surface area contributed by atoms with E-state index in [0.29, 0.717) is 13.0 Å². The van der Waals surface area contributed by atoms with Gasteiger partial charge in [0.1, 0.15) is 17.3 Å². The van der Waals surface area contributed by atoms with E-state index in [9.17, 15) is 4.79 Å². The highest BCUT2D eigenvalue weighted by Crippen LogP contribution is 2.40. The van der Waals surface area contributed by atoms with Crippen LogP contribution in [0, 0.1) is 0 Å². The van der Waals surface area contributed by atoms with Crippen LogP contribution in [0.3, 0.4) is 0 Å². The molecule has 5 rings (SSSR count). The van der Waals surface area contributed by atoms with E-state index >= 15 is 0 Å². The summed E-state index contributed by atoms with van der Waals surface area (Å²) in [6.07, 6.45) is 5.28. The molecule has 1 amide bonds. The van der Waals surface area contributed by atoms with Gasteiger partial charge in [-0.3, -0.25) is 4.79 Å². The Hall–Kier alpha value is -2.03. The van der Waals surface area contributed by atoms with Crippen molar-refractivity contribution < 1.29 is 9.53 Å². The third-order valence-electron chi connectivity index (χ3n) is 5.95. The van der Waals surface area contributed by atoms with Crippen LogP contribution in [0.4, 0.5) is 5.82 Å². The molecule has 158 valence electrons. The molecule has 0 aromatic carbocycles. The molecule has 1 saturated heterocycles. The molecule has 3 aromatic rings. The highest BCUT2D eigenvalue weighted by atomic mass is 32.1. The van der Waals surface area contributed by atoms with Gasteiger partial charge in [0.2, 0.25) is 5.91 Å². The maximum atomic E-state index is 12.7. The number of amides is 1. The Balaban J connectivity index is 1.39. The third-order valence-corrected chi connectivity index (χ3v) is 8.01. The second kappa shape index (κ2) is 8.61. The normalized spacial score (nSPS) is 16.8. The van der Waals surface area contributed by atoms with Gasteiger partial charge in [-0.25, -0.2) is 9.97 Å². The van der Waals surface area contributed by atoms with Crippen molar-refractivity contribution in [2.45, 2.75) is 38.7 Å². The summed E-state index contributed by atoms with van der Waals surface area (Å²) in [7, 11) is 1.69. The minimum absolute atomic E-state index is 0.220. The number of aromatic nitrogens is 2. The lowest BCUT2D eigenvalue weighted by Crippen LogP contribution is -2.49. The molecular weight excluding hydrogens is 416 g/mol. The van der Waals surface area contributed by atoms with E-state index in [1.807, 2.05) is 33.7 Å². The second-order valence-corrected chi connectivity index (χ2v) is 10.0. The van der Waals surface area contributed by atoms with Crippen molar-refractivity contribution in [3.63, 3.8) is 0 Å². The fourth-order valence-corrected chi connectivity index (χ4v) is 6.42. The van der Waals surface area contributed by atoms with Crippen LogP contribution in [0.15, 0.2) is 17.5 Å². The Labute approximate surface area is 184 Å². The zero-order chi connectivity index (χ0) is 20.5. The summed E-state index contributed by atoms with van der Waals surface area (Å²) < 4.78 is 5.33. The monoisotopic (exact) mass is 442 g/mol. The molecule has 4 heterocycles. The number of carbonyl (C=O) groups excluding carboxylic acids is 1. The van der Waals surface area contributed by atoms with Gasteiger partial charge in [0.25, 0.3) is 0 Å². The first-order chi connectivity index (χ1) is 14.7. The fourth-order valence-electron chi connectivity index (χ4n) is 4.45. The molecule has 1 fully saturated rings. The summed E-state index contributed by atoms with van der Waals surface area (Å²) in [5.41, 5.74) is 1.46. The van der Waals surface area contributed by atoms with E-state index in [1.54, 1.807) is 18.4 Å². The summed E-state index contributed by atoms with van der Waals surface area (Å²) in [5, 5.41) is 3.27. The first-order valence-electron chi connectivity index (χ1n) is 10.6. The standard InChI is InChI=1S/C22H26N4O2S2/c1-28-14-18-23-21(20-16-6-2-3-7-17(16)30-22(20)24-18)26-10-8-25(9-11-26)19(27)13-15-5-4-12-29-15/h4-5,12H,2-3,6-11,13-14H2,1H3. The minimum atomic E-state index is 0.220. The zero-order valence-electron chi connectivity index (χ0n) is 17.2. The lowest BCUT2D eigenvalue weighted by molar-refractivity contribution is -0.130. The summed E-state index contributed by atoms with van der Waals surface area (Å²) in [4.78, 5) is 30.5. The van der Waals surface area contributed by atoms with Crippen molar-refractivity contribution >= 4 is 44.6 Å². The zero-order valence-corrected chi connectivity index (χ0v) is 18.9. The lowest BCUT2D eigenvalue weighted by Gasteiger charge is -2.36. The predicted molar refractivity (Wildman–Crippen MR) is 122 cm³/mol. The molecule has 3 aromatic heterocycles. The lowest BCUT2D eigenvalue weighted by atomic mass is 9.97. The first kappa shape index (κ1) is 19.9. The number of nitrogens with zero attached hydrogens (tertiary/aromatic N) is 4. The van der Waals surface area contributed by atoms with Gasteiger partial charge >= 0.3 is 0 Å². The van der Waals surface area contributed by atoms with Crippen LogP contribution in [0.5, 0.6) is 0 Å². The number of methoxy groups -OCH3 is 1. The van der Waals surface area contributed by atoms with E-state index in [-0.39, 0.29) is 5.91 Å². The maximum absolute atomic E-state index is 12.7. The van der Waals surface area contributed by atoms with Crippen molar-refractivity contribution in [2.75, 3.05) is 38.2 Å². The van der Waals surface area contributed by atoms with Gasteiger partial charge < -0.3 is 14.5 Å². The Bertz CT molecular complexity index is 1040. The first-order valence-corrected chi connectivity index (χ1v) is 12.3. The Morgan fingerprint density at radius 2 is 2.00 bits per heavy atom. The number of thiophene rings is 2. The van der Waals surface area contributed by atoms with E-state index in [2.05, 4.69) is 4.90 Å². The van der Waals surface area contributed by atoms with Crippen molar-refractivity contribution in [3.05, 3.63) is 38.7 Å². The number of fused-ring (bicyclic) bond motifs is 3. The van der Waals surface area contributed by atoms with Crippen LogP contribution in [-0.2, 0) is 35.4 Å². The summed E-state index contributed by atoms with van der Waals surface area (Å²) in [6.45, 7) is 3.51. The van der Waals surface area contributed by atoms with Gasteiger partial charge in [-0.15, -0.1) is 22.7 Å². The predicted octanol–water partition coefficient (Wildman–Crippen LogP) is 3.67. The maximum Gasteiger partial charge on any atom is 0.227 e. The van der Waals surface area contributed by atoms with Gasteiger partial charge in [0.05, 0.1) is 11.8 Å². The van der Waals surface area contributed by atoms with E-state index in [1.165, 1.54) is 28.7 Å². The fraction of sp³-hybridized carbons (Fsp3) is 0.500. The number of aryl methyl sites for hydroxylation is 2. The van der Waals surface area contributed by atoms with Crippen LogP contribution < -0.4 is 4.90 Å². The molecule has 0 N–H and O–H groups in total. The molecule has 2 aliphatic rings. The van der Waals surface area contributed by atoms with E-state index in [0.717, 1.165) is 60.4 Å². The number of carbonyl (C=O) groups is 1. The van der Waals surface area contributed by atoms with Gasteiger partial charge in [0, 0.05) is 43.0 Å². The number of ether oxygens (including phenoxy) is 1. The molecule has 0 saturated carbocycles. The average molecular weight is 443 g/mol. The molecule has 0 spiro atoms. The van der Waals surface area contributed by atoms with Crippen LogP contribution in [-0.4, -0.2) is 54.1 Å². The summed E-state index contributed by atoms with van der Waals surface area (Å²) >= 11 is 3.48. The smallest absolute Gasteiger partial charge is 0.227 e. The number of hydrogen-bond acceptors (Lipinski definition) is 7. The largest absolute Gasteiger partial charge is 0.377 e. The molecule has 30 heavy (non-hydrogen) atoms. The molecular formula is C22H26N4O2S2. The SMILES string of the molecule is COCc1nc(N2CCN(C(=O)Cc3cccs3)CC2)c2c3c(sc2n1)CCCC3. The van der Waals surface area contributed by atoms with Crippen LogP contribution in [0.1, 0.15) is 34.0 Å². The third kappa shape index (κ3) is 3.84. The van der Waals surface area contributed by atoms with Crippen molar-refractivity contribution in [3.8, 4) is 0 Å². The summed E-state index contributed by atoms with van der Waals surface area (Å²) in [5.74, 6) is 2.00. The molecule has 1 aliphatic carbocycles. The number of rotatable bonds is 5. The topological polar surface area (TPSA) is 58.6 Å². The molecule has 6 nitrogen and oxygen atoms in total. The average Bonchev–Trinajstić information content (AvgIpc) is 3.41. The highest BCUT2D eigenvalue weighted by Gasteiger charge is 2.27.